The predicted molar refractivity (Wildman–Crippen MR) is 304 cm³/mol. The van der Waals surface area contributed by atoms with Crippen LogP contribution in [0.2, 0.25) is 0 Å². The van der Waals surface area contributed by atoms with E-state index < -0.39 is 86.8 Å². The Morgan fingerprint density at radius 3 is 1.39 bits per heavy atom. The highest BCUT2D eigenvalue weighted by molar-refractivity contribution is 5.76. The molecule has 12 atom stereocenters. The molecular formula is C62H111NO13. The Labute approximate surface area is 460 Å². The molecule has 2 heterocycles. The standard InChI is InChI=1S/C62H111NO13/c1-3-5-7-9-11-13-15-17-19-21-23-25-27-29-31-33-35-37-39-41-43-45-51(66)50(49-73-61-59(72)57(70)60(53(48-65)75-61)76-62-58(71)56(69)55(68)52(47-64)74-62)63-54(67)46-44-42-40-38-36-34-32-30-28-26-24-22-20-18-16-14-12-10-8-6-4-2/h6,8,12,14,18,20,24,26,43,45,50-53,55-62,64-66,68-72H,3-5,7,9-11,13,15-17,19,21-23,25,27-42,44,46-49H2,1-2H3,(H,63,67)/b8-6-,14-12-,20-18-,26-24-,45-43+. The zero-order valence-electron chi connectivity index (χ0n) is 47.5. The average Bonchev–Trinajstić information content (AvgIpc) is 3.42. The van der Waals surface area contributed by atoms with Gasteiger partial charge in [0.1, 0.15) is 48.8 Å². The van der Waals surface area contributed by atoms with E-state index in [0.29, 0.717) is 6.42 Å². The van der Waals surface area contributed by atoms with Crippen molar-refractivity contribution in [1.29, 1.82) is 0 Å². The first-order chi connectivity index (χ1) is 37.1. The first kappa shape index (κ1) is 69.8. The molecule has 0 aliphatic carbocycles. The van der Waals surface area contributed by atoms with Crippen LogP contribution in [-0.4, -0.2) is 140 Å². The van der Waals surface area contributed by atoms with Crippen molar-refractivity contribution >= 4 is 5.91 Å². The third kappa shape index (κ3) is 32.7. The summed E-state index contributed by atoms with van der Waals surface area (Å²) in [6.07, 6.45) is 43.9. The molecule has 0 aromatic rings. The van der Waals surface area contributed by atoms with Crippen molar-refractivity contribution < 1.29 is 64.6 Å². The number of ether oxygens (including phenoxy) is 4. The maximum Gasteiger partial charge on any atom is 0.220 e. The molecule has 12 unspecified atom stereocenters. The summed E-state index contributed by atoms with van der Waals surface area (Å²) in [5.41, 5.74) is 0. The minimum absolute atomic E-state index is 0.248. The van der Waals surface area contributed by atoms with Gasteiger partial charge in [0.15, 0.2) is 12.6 Å². The quantitative estimate of drug-likeness (QED) is 0.0204. The fraction of sp³-hybridized carbons (Fsp3) is 0.823. The summed E-state index contributed by atoms with van der Waals surface area (Å²) < 4.78 is 22.8. The Kier molecular flexibility index (Phi) is 43.6. The summed E-state index contributed by atoms with van der Waals surface area (Å²) in [7, 11) is 0. The van der Waals surface area contributed by atoms with E-state index in [1.54, 1.807) is 6.08 Å². The summed E-state index contributed by atoms with van der Waals surface area (Å²) in [5.74, 6) is -0.248. The van der Waals surface area contributed by atoms with Crippen LogP contribution in [0, 0.1) is 0 Å². The minimum Gasteiger partial charge on any atom is -0.394 e. The summed E-state index contributed by atoms with van der Waals surface area (Å²) in [5, 5.41) is 87.2. The van der Waals surface area contributed by atoms with Crippen LogP contribution in [0.1, 0.15) is 232 Å². The summed E-state index contributed by atoms with van der Waals surface area (Å²) in [6.45, 7) is 2.69. The zero-order valence-corrected chi connectivity index (χ0v) is 47.5. The Hall–Kier alpha value is -2.31. The van der Waals surface area contributed by atoms with E-state index in [1.807, 2.05) is 6.08 Å². The summed E-state index contributed by atoms with van der Waals surface area (Å²) in [4.78, 5) is 13.3. The summed E-state index contributed by atoms with van der Waals surface area (Å²) in [6, 6.07) is -0.922. The van der Waals surface area contributed by atoms with Gasteiger partial charge >= 0.3 is 0 Å². The van der Waals surface area contributed by atoms with Crippen LogP contribution in [0.3, 0.4) is 0 Å². The number of unbranched alkanes of at least 4 members (excludes halogenated alkanes) is 27. The van der Waals surface area contributed by atoms with Gasteiger partial charge in [-0.25, -0.2) is 0 Å². The molecule has 2 rings (SSSR count). The van der Waals surface area contributed by atoms with Crippen molar-refractivity contribution in [3.05, 3.63) is 60.8 Å². The van der Waals surface area contributed by atoms with E-state index in [0.717, 1.165) is 70.6 Å². The van der Waals surface area contributed by atoms with Crippen molar-refractivity contribution in [3.8, 4) is 0 Å². The first-order valence-electron chi connectivity index (χ1n) is 30.5. The van der Waals surface area contributed by atoms with Gasteiger partial charge in [-0.2, -0.15) is 0 Å². The molecule has 2 fully saturated rings. The topological polar surface area (TPSA) is 228 Å². The number of carbonyl (C=O) groups excluding carboxylic acids is 1. The lowest BCUT2D eigenvalue weighted by atomic mass is 9.97. The maximum atomic E-state index is 13.3. The highest BCUT2D eigenvalue weighted by atomic mass is 16.7. The second-order valence-electron chi connectivity index (χ2n) is 21.5. The van der Waals surface area contributed by atoms with E-state index in [4.69, 9.17) is 18.9 Å². The molecule has 2 aliphatic rings. The highest BCUT2D eigenvalue weighted by Gasteiger charge is 2.51. The van der Waals surface area contributed by atoms with E-state index in [-0.39, 0.29) is 18.9 Å². The van der Waals surface area contributed by atoms with Crippen LogP contribution in [0.25, 0.3) is 0 Å². The molecule has 2 aliphatic heterocycles. The largest absolute Gasteiger partial charge is 0.394 e. The fourth-order valence-electron chi connectivity index (χ4n) is 9.81. The Bertz CT molecular complexity index is 1510. The van der Waals surface area contributed by atoms with E-state index in [2.05, 4.69) is 67.8 Å². The van der Waals surface area contributed by atoms with Crippen LogP contribution in [0.4, 0.5) is 0 Å². The normalized spacial score (nSPS) is 25.3. The molecule has 14 nitrogen and oxygen atoms in total. The molecule has 442 valence electrons. The minimum atomic E-state index is -1.79. The molecule has 1 amide bonds. The van der Waals surface area contributed by atoms with Gasteiger partial charge in [0, 0.05) is 6.42 Å². The van der Waals surface area contributed by atoms with Crippen molar-refractivity contribution in [2.45, 2.75) is 306 Å². The van der Waals surface area contributed by atoms with Crippen LogP contribution < -0.4 is 5.32 Å². The van der Waals surface area contributed by atoms with Gasteiger partial charge in [-0.3, -0.25) is 4.79 Å². The third-order valence-corrected chi connectivity index (χ3v) is 14.7. The van der Waals surface area contributed by atoms with Crippen molar-refractivity contribution in [2.24, 2.45) is 0 Å². The van der Waals surface area contributed by atoms with E-state index in [1.165, 1.54) is 135 Å². The predicted octanol–water partition coefficient (Wildman–Crippen LogP) is 10.6. The molecule has 0 saturated carbocycles. The SMILES string of the molecule is CC/C=C\C/C=C\C/C=C\C/C=C\CCCCCCCCCCC(=O)NC(COC1OC(CO)C(OC2OC(CO)C(O)C(O)C2O)C(O)C1O)C(O)/C=C/CCCCCCCCCCCCCCCCCCCCC. The van der Waals surface area contributed by atoms with Crippen molar-refractivity contribution in [1.82, 2.24) is 5.32 Å². The van der Waals surface area contributed by atoms with E-state index in [9.17, 15) is 45.6 Å². The molecule has 2 saturated heterocycles. The molecular weight excluding hydrogens is 967 g/mol. The maximum absolute atomic E-state index is 13.3. The number of aliphatic hydroxyl groups excluding tert-OH is 8. The third-order valence-electron chi connectivity index (χ3n) is 14.7. The van der Waals surface area contributed by atoms with Crippen LogP contribution >= 0.6 is 0 Å². The lowest BCUT2D eigenvalue weighted by Crippen LogP contribution is -2.65. The molecule has 76 heavy (non-hydrogen) atoms. The van der Waals surface area contributed by atoms with Gasteiger partial charge in [-0.15, -0.1) is 0 Å². The zero-order chi connectivity index (χ0) is 55.3. The van der Waals surface area contributed by atoms with Gasteiger partial charge in [0.2, 0.25) is 5.91 Å². The first-order valence-corrected chi connectivity index (χ1v) is 30.5. The molecule has 14 heteroatoms. The van der Waals surface area contributed by atoms with E-state index >= 15 is 0 Å². The number of rotatable bonds is 48. The summed E-state index contributed by atoms with van der Waals surface area (Å²) >= 11 is 0. The second kappa shape index (κ2) is 47.5. The Morgan fingerprint density at radius 2 is 0.908 bits per heavy atom. The number of hydrogen-bond donors (Lipinski definition) is 9. The average molecular weight is 1080 g/mol. The lowest BCUT2D eigenvalue weighted by molar-refractivity contribution is -0.359. The van der Waals surface area contributed by atoms with Gasteiger partial charge in [-0.1, -0.05) is 229 Å². The van der Waals surface area contributed by atoms with Gasteiger partial charge in [0.25, 0.3) is 0 Å². The number of allylic oxidation sites excluding steroid dienone is 9. The number of hydrogen-bond acceptors (Lipinski definition) is 13. The second-order valence-corrected chi connectivity index (χ2v) is 21.5. The fourth-order valence-corrected chi connectivity index (χ4v) is 9.81. The van der Waals surface area contributed by atoms with Crippen LogP contribution in [-0.2, 0) is 23.7 Å². The highest BCUT2D eigenvalue weighted by Crippen LogP contribution is 2.30. The monoisotopic (exact) mass is 1080 g/mol. The van der Waals surface area contributed by atoms with Gasteiger partial charge in [-0.05, 0) is 57.8 Å². The van der Waals surface area contributed by atoms with Crippen LogP contribution in [0.15, 0.2) is 60.8 Å². The van der Waals surface area contributed by atoms with Gasteiger partial charge in [0.05, 0.1) is 32.0 Å². The van der Waals surface area contributed by atoms with Crippen LogP contribution in [0.5, 0.6) is 0 Å². The Balaban J connectivity index is 1.77. The smallest absolute Gasteiger partial charge is 0.220 e. The molecule has 0 bridgehead atoms. The molecule has 9 N–H and O–H groups in total. The molecule has 0 aromatic heterocycles. The molecule has 0 radical (unpaired) electrons. The molecule has 0 aromatic carbocycles. The van der Waals surface area contributed by atoms with Crippen molar-refractivity contribution in [3.63, 3.8) is 0 Å². The molecule has 0 spiro atoms. The number of aliphatic hydroxyl groups is 8. The lowest BCUT2D eigenvalue weighted by Gasteiger charge is -2.46. The van der Waals surface area contributed by atoms with Gasteiger partial charge < -0.3 is 65.1 Å². The Morgan fingerprint density at radius 1 is 0.487 bits per heavy atom. The number of amides is 1. The number of nitrogens with one attached hydrogen (secondary N) is 1. The number of carbonyl (C=O) groups is 1. The van der Waals surface area contributed by atoms with Crippen molar-refractivity contribution in [2.75, 3.05) is 19.8 Å².